The van der Waals surface area contributed by atoms with E-state index >= 15 is 0 Å². The Kier molecular flexibility index (Phi) is 11.9. The molecule has 278 valence electrons. The number of aromatic nitrogens is 4. The molecule has 6 N–H and O–H groups in total. The van der Waals surface area contributed by atoms with Crippen LogP contribution in [0.4, 0.5) is 4.79 Å². The van der Waals surface area contributed by atoms with Gasteiger partial charge >= 0.3 is 11.7 Å². The van der Waals surface area contributed by atoms with Crippen LogP contribution >= 0.6 is 11.8 Å². The van der Waals surface area contributed by atoms with Gasteiger partial charge in [-0.25, -0.2) is 19.3 Å². The Labute approximate surface area is 306 Å². The van der Waals surface area contributed by atoms with Crippen LogP contribution in [0.1, 0.15) is 89.5 Å². The molecular weight excluding hydrogens is 683 g/mol. The van der Waals surface area contributed by atoms with Crippen molar-refractivity contribution in [3.05, 3.63) is 58.6 Å². The average Bonchev–Trinajstić information content (AvgIpc) is 3.88. The Bertz CT molecular complexity index is 1970. The zero-order chi connectivity index (χ0) is 36.8. The summed E-state index contributed by atoms with van der Waals surface area (Å²) in [5.41, 5.74) is 2.03. The van der Waals surface area contributed by atoms with E-state index in [2.05, 4.69) is 26.1 Å². The maximum Gasteiger partial charge on any atom is 0.348 e. The SMILES string of the molecule is CC(C)c1cc(-c2n[nH]c(=O)n2-c2ccc3c(ccn3CCNC(=O)CCCCCCC(=O)CCCC[C@H]3SC[C@H]4NC(=O)N[C@H]43)c2)c(O)cc1O. The number of Topliss-reactive ketones (excluding diaryl/α,β-unsaturated/α-hetero) is 1. The summed E-state index contributed by atoms with van der Waals surface area (Å²) in [6.45, 7) is 4.92. The summed E-state index contributed by atoms with van der Waals surface area (Å²) < 4.78 is 3.45. The fourth-order valence-corrected chi connectivity index (χ4v) is 8.82. The van der Waals surface area contributed by atoms with Crippen LogP contribution in [0.5, 0.6) is 11.5 Å². The predicted molar refractivity (Wildman–Crippen MR) is 202 cm³/mol. The molecule has 0 radical (unpaired) electrons. The summed E-state index contributed by atoms with van der Waals surface area (Å²) >= 11 is 1.91. The molecule has 3 atom stereocenters. The molecule has 52 heavy (non-hydrogen) atoms. The highest BCUT2D eigenvalue weighted by molar-refractivity contribution is 8.00. The number of carbonyl (C=O) groups excluding carboxylic acids is 3. The standard InChI is InChI=1S/C38H49N7O6S/c1-23(2)27-20-28(32(48)21-31(27)47)36-42-43-38(51)45(36)25-13-14-30-24(19-25)15-17-44(30)18-16-39-34(49)12-6-4-3-5-9-26(46)10-7-8-11-33-35-29(22-52-33)40-37(50)41-35/h13-15,17,19-21,23,29,33,35,47-48H,3-12,16,18,22H2,1-2H3,(H,39,49)(H,43,51)(H2,40,41,50)/t29-,33-,35-/m1/s1. The lowest BCUT2D eigenvalue weighted by Crippen LogP contribution is -2.36. The topological polar surface area (TPSA) is 183 Å². The van der Waals surface area contributed by atoms with Crippen LogP contribution in [-0.4, -0.2) is 76.9 Å². The van der Waals surface area contributed by atoms with Crippen molar-refractivity contribution in [1.82, 2.24) is 35.3 Å². The summed E-state index contributed by atoms with van der Waals surface area (Å²) in [7, 11) is 0. The maximum absolute atomic E-state index is 12.9. The van der Waals surface area contributed by atoms with Crippen molar-refractivity contribution in [2.75, 3.05) is 12.3 Å². The first-order valence-corrected chi connectivity index (χ1v) is 19.4. The molecular formula is C38H49N7O6S. The van der Waals surface area contributed by atoms with Crippen molar-refractivity contribution in [1.29, 1.82) is 0 Å². The van der Waals surface area contributed by atoms with Crippen LogP contribution in [0.3, 0.4) is 0 Å². The lowest BCUT2D eigenvalue weighted by Gasteiger charge is -2.16. The Morgan fingerprint density at radius 3 is 2.52 bits per heavy atom. The number of hydrogen-bond donors (Lipinski definition) is 6. The number of benzene rings is 2. The van der Waals surface area contributed by atoms with Crippen molar-refractivity contribution in [2.45, 2.75) is 108 Å². The third kappa shape index (κ3) is 8.66. The molecule has 0 unspecified atom stereocenters. The van der Waals surface area contributed by atoms with Crippen LogP contribution in [-0.2, 0) is 16.1 Å². The number of rotatable bonds is 18. The van der Waals surface area contributed by atoms with Crippen molar-refractivity contribution in [3.63, 3.8) is 0 Å². The first-order valence-electron chi connectivity index (χ1n) is 18.4. The molecule has 2 aromatic heterocycles. The fourth-order valence-electron chi connectivity index (χ4n) is 7.28. The maximum atomic E-state index is 12.9. The van der Waals surface area contributed by atoms with Gasteiger partial charge in [-0.1, -0.05) is 33.1 Å². The van der Waals surface area contributed by atoms with Crippen molar-refractivity contribution in [2.24, 2.45) is 0 Å². The van der Waals surface area contributed by atoms with Gasteiger partial charge < -0.3 is 30.7 Å². The molecule has 14 heteroatoms. The molecule has 2 aliphatic rings. The highest BCUT2D eigenvalue weighted by Gasteiger charge is 2.42. The third-order valence-corrected chi connectivity index (χ3v) is 11.6. The first-order chi connectivity index (χ1) is 25.1. The number of phenolic OH excluding ortho intramolecular Hbond substituents is 2. The minimum atomic E-state index is -0.456. The van der Waals surface area contributed by atoms with Crippen LogP contribution in [0.15, 0.2) is 47.4 Å². The minimum Gasteiger partial charge on any atom is -0.508 e. The normalized spacial score (nSPS) is 18.1. The Morgan fingerprint density at radius 1 is 0.962 bits per heavy atom. The molecule has 2 saturated heterocycles. The predicted octanol–water partition coefficient (Wildman–Crippen LogP) is 5.47. The number of hydrogen-bond acceptors (Lipinski definition) is 8. The number of fused-ring (bicyclic) bond motifs is 2. The molecule has 0 bridgehead atoms. The molecule has 4 heterocycles. The van der Waals surface area contributed by atoms with E-state index in [1.54, 1.807) is 6.07 Å². The highest BCUT2D eigenvalue weighted by atomic mass is 32.2. The second-order valence-electron chi connectivity index (χ2n) is 14.2. The van der Waals surface area contributed by atoms with Crippen molar-refractivity contribution >= 4 is 40.4 Å². The largest absolute Gasteiger partial charge is 0.508 e. The van der Waals surface area contributed by atoms with E-state index in [0.29, 0.717) is 60.2 Å². The van der Waals surface area contributed by atoms with Crippen molar-refractivity contribution in [3.8, 4) is 28.6 Å². The summed E-state index contributed by atoms with van der Waals surface area (Å²) in [5.74, 6) is 1.32. The van der Waals surface area contributed by atoms with E-state index in [9.17, 15) is 29.4 Å². The van der Waals surface area contributed by atoms with Gasteiger partial charge in [-0.05, 0) is 67.5 Å². The second-order valence-corrected chi connectivity index (χ2v) is 15.5. The Hall–Kier alpha value is -4.72. The molecule has 0 spiro atoms. The molecule has 0 aliphatic carbocycles. The quantitative estimate of drug-likeness (QED) is 0.0575. The first kappa shape index (κ1) is 37.1. The third-order valence-electron chi connectivity index (χ3n) is 10.1. The smallest absolute Gasteiger partial charge is 0.348 e. The van der Waals surface area contributed by atoms with E-state index in [1.807, 2.05) is 60.6 Å². The number of thioether (sulfide) groups is 1. The Morgan fingerprint density at radius 2 is 1.73 bits per heavy atom. The van der Waals surface area contributed by atoms with Crippen LogP contribution in [0, 0.1) is 0 Å². The number of nitrogens with one attached hydrogen (secondary N) is 4. The lowest BCUT2D eigenvalue weighted by atomic mass is 9.98. The molecule has 2 fully saturated rings. The summed E-state index contributed by atoms with van der Waals surface area (Å²) in [4.78, 5) is 49.2. The number of nitrogens with zero attached hydrogens (tertiary/aromatic N) is 3. The average molecular weight is 732 g/mol. The summed E-state index contributed by atoms with van der Waals surface area (Å²) in [6, 6.07) is 10.9. The van der Waals surface area contributed by atoms with Gasteiger partial charge in [0.15, 0.2) is 5.82 Å². The van der Waals surface area contributed by atoms with Gasteiger partial charge in [0, 0.05) is 66.5 Å². The number of H-pyrrole nitrogens is 1. The Balaban J connectivity index is 0.888. The van der Waals surface area contributed by atoms with Gasteiger partial charge in [0.25, 0.3) is 0 Å². The molecule has 0 saturated carbocycles. The second kappa shape index (κ2) is 16.7. The highest BCUT2D eigenvalue weighted by Crippen LogP contribution is 2.37. The number of amides is 3. The van der Waals surface area contributed by atoms with E-state index < -0.39 is 5.69 Å². The minimum absolute atomic E-state index is 0.00689. The molecule has 13 nitrogen and oxygen atoms in total. The van der Waals surface area contributed by atoms with Crippen LogP contribution in [0.2, 0.25) is 0 Å². The van der Waals surface area contributed by atoms with Gasteiger partial charge in [0.2, 0.25) is 5.91 Å². The zero-order valence-corrected chi connectivity index (χ0v) is 30.6. The number of aromatic amines is 1. The number of aromatic hydroxyl groups is 2. The van der Waals surface area contributed by atoms with Crippen LogP contribution < -0.4 is 21.6 Å². The van der Waals surface area contributed by atoms with Gasteiger partial charge in [0.1, 0.15) is 17.3 Å². The van der Waals surface area contributed by atoms with Crippen LogP contribution in [0.25, 0.3) is 28.0 Å². The van der Waals surface area contributed by atoms with E-state index in [-0.39, 0.29) is 47.3 Å². The molecule has 2 aliphatic heterocycles. The fraction of sp³-hybridized carbons (Fsp3) is 0.500. The molecule has 2 aromatic carbocycles. The number of phenols is 2. The van der Waals surface area contributed by atoms with E-state index in [4.69, 9.17) is 0 Å². The van der Waals surface area contributed by atoms with Gasteiger partial charge in [0.05, 0.1) is 23.3 Å². The molecule has 3 amide bonds. The number of urea groups is 1. The number of ketones is 1. The van der Waals surface area contributed by atoms with E-state index in [1.165, 1.54) is 10.6 Å². The number of carbonyl (C=O) groups is 3. The molecule has 4 aromatic rings. The summed E-state index contributed by atoms with van der Waals surface area (Å²) in [6.07, 6.45) is 10.0. The molecule has 6 rings (SSSR count). The van der Waals surface area contributed by atoms with Gasteiger partial charge in [-0.15, -0.1) is 0 Å². The summed E-state index contributed by atoms with van der Waals surface area (Å²) in [5, 5.41) is 37.9. The van der Waals surface area contributed by atoms with Gasteiger partial charge in [-0.2, -0.15) is 16.9 Å². The van der Waals surface area contributed by atoms with Gasteiger partial charge in [-0.3, -0.25) is 9.59 Å². The lowest BCUT2D eigenvalue weighted by molar-refractivity contribution is -0.121. The monoisotopic (exact) mass is 731 g/mol. The van der Waals surface area contributed by atoms with E-state index in [0.717, 1.165) is 61.6 Å². The zero-order valence-electron chi connectivity index (χ0n) is 29.8. The number of unbranched alkanes of at least 4 members (excludes halogenated alkanes) is 4. The van der Waals surface area contributed by atoms with Crippen molar-refractivity contribution < 1.29 is 24.6 Å².